The highest BCUT2D eigenvalue weighted by molar-refractivity contribution is 7.09. The van der Waals surface area contributed by atoms with Crippen molar-refractivity contribution >= 4 is 23.3 Å². The fourth-order valence-corrected chi connectivity index (χ4v) is 3.42. The molecule has 2 heterocycles. The van der Waals surface area contributed by atoms with Crippen LogP contribution in [0.5, 0.6) is 0 Å². The average Bonchev–Trinajstić information content (AvgIpc) is 3.00. The van der Waals surface area contributed by atoms with Crippen LogP contribution in [0.2, 0.25) is 0 Å². The molecule has 0 unspecified atom stereocenters. The lowest BCUT2D eigenvalue weighted by Crippen LogP contribution is -3.29. The SMILES string of the molecule is COC(=O)NC(=O)[C@@H](C)[NH+]1CC[NH+](Cc2cccs2)CC1. The Hall–Kier alpha value is -1.44. The van der Waals surface area contributed by atoms with Crippen molar-refractivity contribution in [3.63, 3.8) is 0 Å². The van der Waals surface area contributed by atoms with Gasteiger partial charge >= 0.3 is 6.09 Å². The third kappa shape index (κ3) is 4.52. The van der Waals surface area contributed by atoms with Gasteiger partial charge in [-0.05, 0) is 18.4 Å². The molecule has 1 aliphatic rings. The zero-order valence-electron chi connectivity index (χ0n) is 12.5. The summed E-state index contributed by atoms with van der Waals surface area (Å²) < 4.78 is 4.45. The number of thiophene rings is 1. The number of nitrogens with one attached hydrogen (secondary N) is 3. The molecule has 1 saturated heterocycles. The Morgan fingerprint density at radius 2 is 2.10 bits per heavy atom. The van der Waals surface area contributed by atoms with Gasteiger partial charge in [-0.3, -0.25) is 10.1 Å². The van der Waals surface area contributed by atoms with E-state index in [1.54, 1.807) is 16.2 Å². The lowest BCUT2D eigenvalue weighted by Gasteiger charge is -2.32. The van der Waals surface area contributed by atoms with Gasteiger partial charge < -0.3 is 14.5 Å². The van der Waals surface area contributed by atoms with Crippen molar-refractivity contribution in [2.75, 3.05) is 33.3 Å². The lowest BCUT2D eigenvalue weighted by atomic mass is 10.2. The van der Waals surface area contributed by atoms with Gasteiger partial charge in [0, 0.05) is 0 Å². The number of hydrogen-bond acceptors (Lipinski definition) is 4. The molecule has 1 aliphatic heterocycles. The van der Waals surface area contributed by atoms with Gasteiger partial charge in [-0.1, -0.05) is 6.07 Å². The fraction of sp³-hybridized carbons (Fsp3) is 0.571. The van der Waals surface area contributed by atoms with Crippen molar-refractivity contribution in [3.05, 3.63) is 22.4 Å². The van der Waals surface area contributed by atoms with E-state index in [9.17, 15) is 9.59 Å². The van der Waals surface area contributed by atoms with Crippen molar-refractivity contribution in [2.24, 2.45) is 0 Å². The van der Waals surface area contributed by atoms with Crippen molar-refractivity contribution in [2.45, 2.75) is 19.5 Å². The van der Waals surface area contributed by atoms with Crippen LogP contribution in [0.15, 0.2) is 17.5 Å². The molecule has 0 aromatic carbocycles. The second kappa shape index (κ2) is 7.53. The van der Waals surface area contributed by atoms with Crippen molar-refractivity contribution < 1.29 is 24.1 Å². The van der Waals surface area contributed by atoms with E-state index in [4.69, 9.17) is 0 Å². The number of rotatable bonds is 4. The molecular formula is C14H23N3O3S+2. The quantitative estimate of drug-likeness (QED) is 0.621. The first-order chi connectivity index (χ1) is 10.1. The first-order valence-electron chi connectivity index (χ1n) is 7.19. The molecule has 1 aromatic rings. The van der Waals surface area contributed by atoms with E-state index in [0.29, 0.717) is 0 Å². The molecule has 116 valence electrons. The number of methoxy groups -OCH3 is 1. The van der Waals surface area contributed by atoms with Crippen LogP contribution in [0, 0.1) is 0 Å². The molecule has 0 spiro atoms. The number of quaternary nitrogens is 2. The van der Waals surface area contributed by atoms with Crippen LogP contribution in [-0.4, -0.2) is 51.3 Å². The average molecular weight is 313 g/mol. The van der Waals surface area contributed by atoms with E-state index in [1.165, 1.54) is 16.9 Å². The van der Waals surface area contributed by atoms with E-state index in [0.717, 1.165) is 32.7 Å². The van der Waals surface area contributed by atoms with E-state index in [1.807, 2.05) is 6.92 Å². The van der Waals surface area contributed by atoms with Crippen LogP contribution in [0.25, 0.3) is 0 Å². The van der Waals surface area contributed by atoms with Crippen molar-refractivity contribution in [1.82, 2.24) is 5.32 Å². The minimum atomic E-state index is -0.687. The summed E-state index contributed by atoms with van der Waals surface area (Å²) in [5, 5.41) is 4.35. The molecule has 0 bridgehead atoms. The number of alkyl carbamates (subject to hydrolysis) is 1. The van der Waals surface area contributed by atoms with Gasteiger partial charge in [-0.15, -0.1) is 11.3 Å². The van der Waals surface area contributed by atoms with Crippen LogP contribution in [0.3, 0.4) is 0 Å². The Bertz CT molecular complexity index is 470. The predicted octanol–water partition coefficient (Wildman–Crippen LogP) is -1.70. The number of carbonyl (C=O) groups excluding carboxylic acids is 2. The van der Waals surface area contributed by atoms with Crippen molar-refractivity contribution in [3.8, 4) is 0 Å². The number of amides is 2. The Balaban J connectivity index is 1.77. The second-order valence-electron chi connectivity index (χ2n) is 5.37. The van der Waals surface area contributed by atoms with E-state index < -0.39 is 6.09 Å². The molecule has 1 aromatic heterocycles. The standard InChI is InChI=1S/C14H21N3O3S/c1-11(13(18)15-14(19)20-2)17-7-5-16(6-8-17)10-12-4-3-9-21-12/h3-4,9,11H,5-8,10H2,1-2H3,(H,15,18,19)/p+2/t11-/m1/s1. The molecule has 2 rings (SSSR count). The minimum absolute atomic E-state index is 0.229. The number of hydrogen-bond donors (Lipinski definition) is 3. The highest BCUT2D eigenvalue weighted by Crippen LogP contribution is 2.05. The molecule has 21 heavy (non-hydrogen) atoms. The monoisotopic (exact) mass is 313 g/mol. The Labute approximate surface area is 128 Å². The first kappa shape index (κ1) is 15.9. The Morgan fingerprint density at radius 3 is 2.67 bits per heavy atom. The molecule has 3 N–H and O–H groups in total. The molecule has 6 nitrogen and oxygen atoms in total. The van der Waals surface area contributed by atoms with Crippen LogP contribution >= 0.6 is 11.3 Å². The maximum absolute atomic E-state index is 11.9. The van der Waals surface area contributed by atoms with Crippen LogP contribution in [0.4, 0.5) is 4.79 Å². The summed E-state index contributed by atoms with van der Waals surface area (Å²) in [6.07, 6.45) is -0.687. The molecule has 1 fully saturated rings. The van der Waals surface area contributed by atoms with Crippen LogP contribution in [0.1, 0.15) is 11.8 Å². The van der Waals surface area contributed by atoms with Crippen molar-refractivity contribution in [1.29, 1.82) is 0 Å². The van der Waals surface area contributed by atoms with Gasteiger partial charge in [0.15, 0.2) is 6.04 Å². The zero-order valence-corrected chi connectivity index (χ0v) is 13.3. The molecule has 0 saturated carbocycles. The van der Waals surface area contributed by atoms with E-state index >= 15 is 0 Å². The van der Waals surface area contributed by atoms with Gasteiger partial charge in [0.05, 0.1) is 12.0 Å². The van der Waals surface area contributed by atoms with Gasteiger partial charge in [0.1, 0.15) is 32.7 Å². The third-order valence-corrected chi connectivity index (χ3v) is 4.90. The Kier molecular flexibility index (Phi) is 5.72. The molecule has 0 aliphatic carbocycles. The molecule has 2 amide bonds. The zero-order chi connectivity index (χ0) is 15.2. The largest absolute Gasteiger partial charge is 0.453 e. The molecule has 1 atom stereocenters. The second-order valence-corrected chi connectivity index (χ2v) is 6.40. The predicted molar refractivity (Wildman–Crippen MR) is 79.4 cm³/mol. The van der Waals surface area contributed by atoms with Gasteiger partial charge in [0.2, 0.25) is 0 Å². The number of piperazine rings is 1. The summed E-state index contributed by atoms with van der Waals surface area (Å²) in [4.78, 5) is 27.2. The third-order valence-electron chi connectivity index (χ3n) is 4.02. The van der Waals surface area contributed by atoms with Gasteiger partial charge in [-0.2, -0.15) is 0 Å². The summed E-state index contributed by atoms with van der Waals surface area (Å²) >= 11 is 1.79. The number of ether oxygens (including phenoxy) is 1. The van der Waals surface area contributed by atoms with Crippen LogP contribution in [-0.2, 0) is 16.1 Å². The highest BCUT2D eigenvalue weighted by Gasteiger charge is 2.31. The van der Waals surface area contributed by atoms with E-state index in [2.05, 4.69) is 27.6 Å². The normalized spacial score (nSPS) is 23.3. The maximum atomic E-state index is 11.9. The van der Waals surface area contributed by atoms with Crippen LogP contribution < -0.4 is 15.1 Å². The lowest BCUT2D eigenvalue weighted by molar-refractivity contribution is -1.02. The van der Waals surface area contributed by atoms with Gasteiger partial charge in [-0.25, -0.2) is 4.79 Å². The summed E-state index contributed by atoms with van der Waals surface area (Å²) in [6, 6.07) is 4.02. The summed E-state index contributed by atoms with van der Waals surface area (Å²) in [5.41, 5.74) is 0. The summed E-state index contributed by atoms with van der Waals surface area (Å²) in [6.45, 7) is 6.89. The number of carbonyl (C=O) groups is 2. The first-order valence-corrected chi connectivity index (χ1v) is 8.07. The highest BCUT2D eigenvalue weighted by atomic mass is 32.1. The summed E-state index contributed by atoms with van der Waals surface area (Å²) in [5.74, 6) is -0.265. The van der Waals surface area contributed by atoms with Gasteiger partial charge in [0.25, 0.3) is 5.91 Å². The molecule has 7 heteroatoms. The number of imide groups is 1. The Morgan fingerprint density at radius 1 is 1.38 bits per heavy atom. The molecular weight excluding hydrogens is 290 g/mol. The summed E-state index contributed by atoms with van der Waals surface area (Å²) in [7, 11) is 1.26. The maximum Gasteiger partial charge on any atom is 0.413 e. The minimum Gasteiger partial charge on any atom is -0.453 e. The smallest absolute Gasteiger partial charge is 0.413 e. The topological polar surface area (TPSA) is 64.3 Å². The fourth-order valence-electron chi connectivity index (χ4n) is 2.64. The molecule has 0 radical (unpaired) electrons. The van der Waals surface area contributed by atoms with E-state index in [-0.39, 0.29) is 11.9 Å².